The molecule has 194 valence electrons. The first kappa shape index (κ1) is 28.5. The maximum absolute atomic E-state index is 12.9. The Labute approximate surface area is 209 Å². The third kappa shape index (κ3) is 10.2. The van der Waals surface area contributed by atoms with E-state index in [9.17, 15) is 14.4 Å². The zero-order valence-electron chi connectivity index (χ0n) is 21.8. The topological polar surface area (TPSA) is 106 Å². The van der Waals surface area contributed by atoms with E-state index in [-0.39, 0.29) is 50.5 Å². The fourth-order valence-corrected chi connectivity index (χ4v) is 3.47. The first-order valence-corrected chi connectivity index (χ1v) is 12.3. The van der Waals surface area contributed by atoms with Gasteiger partial charge in [0.05, 0.1) is 19.3 Å². The van der Waals surface area contributed by atoms with Gasteiger partial charge in [-0.1, -0.05) is 50.9 Å². The van der Waals surface area contributed by atoms with Crippen LogP contribution in [0.1, 0.15) is 46.1 Å². The molecule has 0 spiro atoms. The number of carbonyl (C=O) groups is 3. The van der Waals surface area contributed by atoms with Crippen LogP contribution >= 0.6 is 0 Å². The van der Waals surface area contributed by atoms with Crippen molar-refractivity contribution in [3.63, 3.8) is 0 Å². The van der Waals surface area contributed by atoms with Crippen molar-refractivity contribution in [2.45, 2.75) is 84.4 Å². The predicted octanol–water partition coefficient (Wildman–Crippen LogP) is 3.50. The number of nitrogens with zero attached hydrogens (tertiary/aromatic N) is 1. The Morgan fingerprint density at radius 3 is 2.46 bits per heavy atom. The van der Waals surface area contributed by atoms with Gasteiger partial charge in [0.25, 0.3) is 0 Å². The number of nitrogens with one attached hydrogen (secondary N) is 2. The van der Waals surface area contributed by atoms with E-state index < -0.39 is 17.7 Å². The van der Waals surface area contributed by atoms with E-state index in [2.05, 4.69) is 10.6 Å². The summed E-state index contributed by atoms with van der Waals surface area (Å²) in [4.78, 5) is 39.5. The number of benzene rings is 1. The van der Waals surface area contributed by atoms with Crippen LogP contribution in [0.4, 0.5) is 9.59 Å². The van der Waals surface area contributed by atoms with Crippen LogP contribution in [-0.2, 0) is 25.6 Å². The molecule has 1 fully saturated rings. The van der Waals surface area contributed by atoms with E-state index in [1.165, 1.54) is 0 Å². The van der Waals surface area contributed by atoms with Crippen LogP contribution in [0.2, 0.25) is 13.6 Å². The molecule has 0 aliphatic carbocycles. The van der Waals surface area contributed by atoms with Gasteiger partial charge in [0.1, 0.15) is 18.2 Å². The highest BCUT2D eigenvalue weighted by Gasteiger charge is 2.33. The van der Waals surface area contributed by atoms with Crippen molar-refractivity contribution < 1.29 is 28.6 Å². The quantitative estimate of drug-likeness (QED) is 0.488. The lowest BCUT2D eigenvalue weighted by molar-refractivity contribution is -0.125. The average Bonchev–Trinajstić information content (AvgIpc) is 3.25. The first-order valence-electron chi connectivity index (χ1n) is 12.3. The molecule has 1 aromatic rings. The summed E-state index contributed by atoms with van der Waals surface area (Å²) >= 11 is 0. The van der Waals surface area contributed by atoms with Crippen LogP contribution in [0.5, 0.6) is 0 Å². The third-order valence-electron chi connectivity index (χ3n) is 5.79. The normalized spacial score (nSPS) is 17.3. The van der Waals surface area contributed by atoms with E-state index in [0.29, 0.717) is 6.54 Å². The minimum absolute atomic E-state index is 0.0459. The minimum atomic E-state index is -0.934. The predicted molar refractivity (Wildman–Crippen MR) is 135 cm³/mol. The SMILES string of the molecule is CB(C)C(C)NC(=O)[C@H](COC[C@H]1CCCN1C(=O)OC(C)(C)C)NC(=O)OCc1ccccc1. The van der Waals surface area contributed by atoms with Gasteiger partial charge in [-0.2, -0.15) is 0 Å². The number of carbonyl (C=O) groups excluding carboxylic acids is 3. The van der Waals surface area contributed by atoms with Gasteiger partial charge in [-0.05, 0) is 39.2 Å². The molecule has 1 saturated heterocycles. The van der Waals surface area contributed by atoms with Crippen molar-refractivity contribution >= 4 is 24.8 Å². The first-order chi connectivity index (χ1) is 16.5. The highest BCUT2D eigenvalue weighted by molar-refractivity contribution is 6.57. The lowest BCUT2D eigenvalue weighted by Crippen LogP contribution is -2.54. The summed E-state index contributed by atoms with van der Waals surface area (Å²) in [6.45, 7) is 12.5. The summed E-state index contributed by atoms with van der Waals surface area (Å²) in [6.07, 6.45) is 0.567. The molecule has 3 atom stereocenters. The Bertz CT molecular complexity index is 830. The minimum Gasteiger partial charge on any atom is -0.445 e. The molecule has 3 amide bonds. The van der Waals surface area contributed by atoms with Gasteiger partial charge in [0, 0.05) is 12.5 Å². The van der Waals surface area contributed by atoms with Gasteiger partial charge >= 0.3 is 12.2 Å². The van der Waals surface area contributed by atoms with Crippen molar-refractivity contribution in [3.8, 4) is 0 Å². The molecule has 10 heteroatoms. The fourth-order valence-electron chi connectivity index (χ4n) is 3.47. The van der Waals surface area contributed by atoms with Crippen LogP contribution in [0.25, 0.3) is 0 Å². The second-order valence-corrected chi connectivity index (χ2v) is 10.3. The largest absolute Gasteiger partial charge is 0.445 e. The molecular formula is C25H40BN3O6. The molecule has 0 saturated carbocycles. The molecule has 1 unspecified atom stereocenters. The molecule has 1 heterocycles. The summed E-state index contributed by atoms with van der Waals surface area (Å²) < 4.78 is 16.6. The van der Waals surface area contributed by atoms with Gasteiger partial charge in [0.2, 0.25) is 5.91 Å². The lowest BCUT2D eigenvalue weighted by atomic mass is 9.49. The molecule has 2 N–H and O–H groups in total. The fraction of sp³-hybridized carbons (Fsp3) is 0.640. The summed E-state index contributed by atoms with van der Waals surface area (Å²) in [6, 6.07) is 8.22. The van der Waals surface area contributed by atoms with Crippen molar-refractivity contribution in [1.82, 2.24) is 15.5 Å². The van der Waals surface area contributed by atoms with Crippen LogP contribution in [0, 0.1) is 0 Å². The molecule has 0 bridgehead atoms. The van der Waals surface area contributed by atoms with E-state index >= 15 is 0 Å². The highest BCUT2D eigenvalue weighted by atomic mass is 16.6. The van der Waals surface area contributed by atoms with Gasteiger partial charge < -0.3 is 29.7 Å². The summed E-state index contributed by atoms with van der Waals surface area (Å²) in [5.41, 5.74) is 0.266. The van der Waals surface area contributed by atoms with E-state index in [0.717, 1.165) is 18.4 Å². The standard InChI is InChI=1S/C25H40BN3O6/c1-18(26(5)6)27-22(30)21(28-23(31)34-15-19-11-8-7-9-12-19)17-33-16-20-13-10-14-29(20)24(32)35-25(2,3)4/h7-9,11-12,18,20-21H,10,13-17H2,1-6H3,(H,27,30)(H,28,31)/t18?,20-,21+/m1/s1. The van der Waals surface area contributed by atoms with Gasteiger partial charge in [0.15, 0.2) is 6.71 Å². The molecule has 9 nitrogen and oxygen atoms in total. The number of hydrogen-bond donors (Lipinski definition) is 2. The Kier molecular flexibility index (Phi) is 10.9. The average molecular weight is 489 g/mol. The summed E-state index contributed by atoms with van der Waals surface area (Å²) in [5, 5.41) is 5.53. The molecular weight excluding hydrogens is 449 g/mol. The molecule has 0 radical (unpaired) electrons. The van der Waals surface area contributed by atoms with Gasteiger partial charge in [-0.25, -0.2) is 9.59 Å². The van der Waals surface area contributed by atoms with Crippen molar-refractivity contribution in [1.29, 1.82) is 0 Å². The van der Waals surface area contributed by atoms with Gasteiger partial charge in [-0.15, -0.1) is 0 Å². The second-order valence-electron chi connectivity index (χ2n) is 10.3. The second kappa shape index (κ2) is 13.4. The maximum Gasteiger partial charge on any atom is 0.410 e. The lowest BCUT2D eigenvalue weighted by Gasteiger charge is -2.29. The number of alkyl carbamates (subject to hydrolysis) is 1. The smallest absolute Gasteiger partial charge is 0.410 e. The summed E-state index contributed by atoms with van der Waals surface area (Å²) in [7, 11) is 0. The molecule has 0 aromatic heterocycles. The van der Waals surface area contributed by atoms with Crippen LogP contribution in [0.15, 0.2) is 30.3 Å². The van der Waals surface area contributed by atoms with E-state index in [1.54, 1.807) is 4.90 Å². The van der Waals surface area contributed by atoms with Crippen molar-refractivity contribution in [2.75, 3.05) is 19.8 Å². The monoisotopic (exact) mass is 489 g/mol. The van der Waals surface area contributed by atoms with Crippen LogP contribution in [-0.4, -0.2) is 73.1 Å². The molecule has 1 aliphatic heterocycles. The van der Waals surface area contributed by atoms with Crippen molar-refractivity contribution in [2.24, 2.45) is 0 Å². The van der Waals surface area contributed by atoms with Crippen LogP contribution < -0.4 is 10.6 Å². The maximum atomic E-state index is 12.9. The summed E-state index contributed by atoms with van der Waals surface area (Å²) in [5.74, 6) is -0.428. The number of amides is 3. The Balaban J connectivity index is 1.93. The number of rotatable bonds is 10. The molecule has 2 rings (SSSR count). The Morgan fingerprint density at radius 1 is 1.14 bits per heavy atom. The number of ether oxygens (including phenoxy) is 3. The van der Waals surface area contributed by atoms with Crippen molar-refractivity contribution in [3.05, 3.63) is 35.9 Å². The van der Waals surface area contributed by atoms with E-state index in [1.807, 2.05) is 71.7 Å². The zero-order valence-corrected chi connectivity index (χ0v) is 21.8. The molecule has 1 aliphatic rings. The third-order valence-corrected chi connectivity index (χ3v) is 5.79. The van der Waals surface area contributed by atoms with E-state index in [4.69, 9.17) is 14.2 Å². The number of likely N-dealkylation sites (tertiary alicyclic amines) is 1. The highest BCUT2D eigenvalue weighted by Crippen LogP contribution is 2.21. The zero-order chi connectivity index (χ0) is 26.0. The van der Waals surface area contributed by atoms with Crippen LogP contribution in [0.3, 0.4) is 0 Å². The Morgan fingerprint density at radius 2 is 1.83 bits per heavy atom. The number of hydrogen-bond acceptors (Lipinski definition) is 6. The Hall–Kier alpha value is -2.75. The molecule has 1 aromatic carbocycles. The molecule has 35 heavy (non-hydrogen) atoms. The van der Waals surface area contributed by atoms with Gasteiger partial charge in [-0.3, -0.25) is 4.79 Å².